The van der Waals surface area contributed by atoms with E-state index in [9.17, 15) is 14.7 Å². The first kappa shape index (κ1) is 17.8. The topological polar surface area (TPSA) is 72.9 Å². The number of hydrogen-bond acceptors (Lipinski definition) is 3. The first-order valence-electron chi connectivity index (χ1n) is 7.98. The molecule has 1 fully saturated rings. The lowest BCUT2D eigenvalue weighted by molar-refractivity contribution is -0.144. The molecule has 1 atom stereocenters. The third-order valence-corrected chi connectivity index (χ3v) is 4.74. The van der Waals surface area contributed by atoms with Gasteiger partial charge in [-0.15, -0.1) is 0 Å². The van der Waals surface area contributed by atoms with Gasteiger partial charge in [0.1, 0.15) is 5.54 Å². The Kier molecular flexibility index (Phi) is 6.45. The molecule has 0 aromatic carbocycles. The zero-order valence-corrected chi connectivity index (χ0v) is 13.7. The van der Waals surface area contributed by atoms with E-state index in [1.54, 1.807) is 18.7 Å². The zero-order chi connectivity index (χ0) is 16.0. The van der Waals surface area contributed by atoms with E-state index in [-0.39, 0.29) is 6.03 Å². The molecule has 0 aromatic heterocycles. The molecule has 1 heterocycles. The molecule has 21 heavy (non-hydrogen) atoms. The van der Waals surface area contributed by atoms with E-state index in [1.807, 2.05) is 0 Å². The molecule has 122 valence electrons. The molecule has 2 amide bonds. The second kappa shape index (κ2) is 7.64. The minimum absolute atomic E-state index is 0.254. The van der Waals surface area contributed by atoms with Gasteiger partial charge in [-0.25, -0.2) is 9.59 Å². The average Bonchev–Trinajstić information content (AvgIpc) is 2.95. The van der Waals surface area contributed by atoms with Crippen molar-refractivity contribution in [1.29, 1.82) is 0 Å². The van der Waals surface area contributed by atoms with Crippen LogP contribution >= 0.6 is 0 Å². The van der Waals surface area contributed by atoms with E-state index in [1.165, 1.54) is 0 Å². The van der Waals surface area contributed by atoms with Crippen molar-refractivity contribution in [3.63, 3.8) is 0 Å². The van der Waals surface area contributed by atoms with E-state index in [0.717, 1.165) is 19.5 Å². The Labute approximate surface area is 127 Å². The van der Waals surface area contributed by atoms with Crippen molar-refractivity contribution in [2.45, 2.75) is 58.5 Å². The van der Waals surface area contributed by atoms with E-state index in [0.29, 0.717) is 32.0 Å². The van der Waals surface area contributed by atoms with Crippen LogP contribution in [0.4, 0.5) is 4.79 Å². The van der Waals surface area contributed by atoms with Crippen LogP contribution in [0.5, 0.6) is 0 Å². The largest absolute Gasteiger partial charge is 0.480 e. The van der Waals surface area contributed by atoms with E-state index >= 15 is 0 Å². The molecule has 0 aliphatic carbocycles. The molecule has 2 N–H and O–H groups in total. The fourth-order valence-electron chi connectivity index (χ4n) is 3.03. The van der Waals surface area contributed by atoms with Crippen molar-refractivity contribution in [1.82, 2.24) is 15.1 Å². The summed E-state index contributed by atoms with van der Waals surface area (Å²) < 4.78 is 0. The first-order chi connectivity index (χ1) is 9.93. The Morgan fingerprint density at radius 2 is 1.81 bits per heavy atom. The van der Waals surface area contributed by atoms with Crippen LogP contribution in [-0.4, -0.2) is 64.7 Å². The van der Waals surface area contributed by atoms with Crippen LogP contribution in [0.2, 0.25) is 0 Å². The van der Waals surface area contributed by atoms with E-state index in [4.69, 9.17) is 0 Å². The summed E-state index contributed by atoms with van der Waals surface area (Å²) in [5.74, 6) is -0.958. The van der Waals surface area contributed by atoms with Gasteiger partial charge in [-0.1, -0.05) is 27.7 Å². The van der Waals surface area contributed by atoms with Crippen molar-refractivity contribution in [2.24, 2.45) is 0 Å². The molecule has 6 nitrogen and oxygen atoms in total. The summed E-state index contributed by atoms with van der Waals surface area (Å²) in [6.07, 6.45) is 1.73. The monoisotopic (exact) mass is 299 g/mol. The fraction of sp³-hybridized carbons (Fsp3) is 0.867. The second-order valence-electron chi connectivity index (χ2n) is 5.63. The van der Waals surface area contributed by atoms with Gasteiger partial charge in [0.25, 0.3) is 0 Å². The van der Waals surface area contributed by atoms with Crippen molar-refractivity contribution in [2.75, 3.05) is 26.2 Å². The van der Waals surface area contributed by atoms with Gasteiger partial charge in [0.2, 0.25) is 0 Å². The van der Waals surface area contributed by atoms with Crippen LogP contribution in [0.1, 0.15) is 47.0 Å². The summed E-state index contributed by atoms with van der Waals surface area (Å²) in [7, 11) is 0. The third-order valence-electron chi connectivity index (χ3n) is 4.74. The molecule has 0 radical (unpaired) electrons. The molecule has 0 bridgehead atoms. The predicted molar refractivity (Wildman–Crippen MR) is 82.4 cm³/mol. The predicted octanol–water partition coefficient (Wildman–Crippen LogP) is 1.76. The molecular formula is C15H29N3O3. The zero-order valence-electron chi connectivity index (χ0n) is 13.7. The van der Waals surface area contributed by atoms with Crippen molar-refractivity contribution >= 4 is 12.0 Å². The minimum Gasteiger partial charge on any atom is -0.480 e. The molecule has 0 spiro atoms. The lowest BCUT2D eigenvalue weighted by Gasteiger charge is -2.31. The van der Waals surface area contributed by atoms with E-state index in [2.05, 4.69) is 24.1 Å². The Morgan fingerprint density at radius 1 is 1.24 bits per heavy atom. The average molecular weight is 299 g/mol. The van der Waals surface area contributed by atoms with Crippen molar-refractivity contribution < 1.29 is 14.7 Å². The van der Waals surface area contributed by atoms with Gasteiger partial charge in [-0.2, -0.15) is 0 Å². The quantitative estimate of drug-likeness (QED) is 0.751. The van der Waals surface area contributed by atoms with Gasteiger partial charge in [-0.05, 0) is 32.4 Å². The number of carboxylic acid groups (broad SMARTS) is 1. The highest BCUT2D eigenvalue weighted by Gasteiger charge is 2.39. The summed E-state index contributed by atoms with van der Waals surface area (Å²) in [5, 5.41) is 12.1. The maximum Gasteiger partial charge on any atom is 0.329 e. The number of hydrogen-bond donors (Lipinski definition) is 2. The number of rotatable bonds is 7. The molecule has 1 rings (SSSR count). The number of likely N-dealkylation sites (N-methyl/N-ethyl adjacent to an activating group) is 1. The van der Waals surface area contributed by atoms with Crippen LogP contribution in [-0.2, 0) is 4.79 Å². The van der Waals surface area contributed by atoms with Gasteiger partial charge in [0.05, 0.1) is 0 Å². The first-order valence-corrected chi connectivity index (χ1v) is 7.98. The normalized spacial score (nSPS) is 19.1. The summed E-state index contributed by atoms with van der Waals surface area (Å²) in [5.41, 5.74) is -1.15. The highest BCUT2D eigenvalue weighted by atomic mass is 16.4. The fourth-order valence-corrected chi connectivity index (χ4v) is 3.03. The van der Waals surface area contributed by atoms with Gasteiger partial charge in [0.15, 0.2) is 0 Å². The van der Waals surface area contributed by atoms with Crippen molar-refractivity contribution in [3.05, 3.63) is 0 Å². The molecule has 0 aromatic rings. The number of carboxylic acids is 1. The number of carbonyl (C=O) groups excluding carboxylic acids is 1. The standard InChI is InChI=1S/C15H29N3O3/c1-5-15(6-2,13(19)20)16-14(21)18-10-9-12(11-18)17(7-3)8-4/h12H,5-11H2,1-4H3,(H,16,21)(H,19,20). The SMILES string of the molecule is CCN(CC)C1CCN(C(=O)NC(CC)(CC)C(=O)O)C1. The van der Waals surface area contributed by atoms with Crippen molar-refractivity contribution in [3.8, 4) is 0 Å². The lowest BCUT2D eigenvalue weighted by Crippen LogP contribution is -2.57. The van der Waals surface area contributed by atoms with Gasteiger partial charge in [-0.3, -0.25) is 4.90 Å². The molecule has 0 saturated carbocycles. The second-order valence-corrected chi connectivity index (χ2v) is 5.63. The third kappa shape index (κ3) is 3.87. The maximum absolute atomic E-state index is 12.4. The number of urea groups is 1. The van der Waals surface area contributed by atoms with Gasteiger partial charge in [0, 0.05) is 19.1 Å². The number of nitrogens with one attached hydrogen (secondary N) is 1. The van der Waals surface area contributed by atoms with Crippen LogP contribution in [0.3, 0.4) is 0 Å². The summed E-state index contributed by atoms with van der Waals surface area (Å²) in [6.45, 7) is 11.1. The molecule has 1 aliphatic rings. The summed E-state index contributed by atoms with van der Waals surface area (Å²) in [4.78, 5) is 27.9. The van der Waals surface area contributed by atoms with Gasteiger partial charge >= 0.3 is 12.0 Å². The van der Waals surface area contributed by atoms with Crippen LogP contribution < -0.4 is 5.32 Å². The summed E-state index contributed by atoms with van der Waals surface area (Å²) >= 11 is 0. The Bertz CT molecular complexity index is 365. The molecule has 1 unspecified atom stereocenters. The highest BCUT2D eigenvalue weighted by molar-refractivity contribution is 5.86. The van der Waals surface area contributed by atoms with E-state index < -0.39 is 11.5 Å². The molecule has 6 heteroatoms. The van der Waals surface area contributed by atoms with Gasteiger partial charge < -0.3 is 15.3 Å². The highest BCUT2D eigenvalue weighted by Crippen LogP contribution is 2.19. The maximum atomic E-state index is 12.4. The Balaban J connectivity index is 2.67. The Morgan fingerprint density at radius 3 is 2.24 bits per heavy atom. The van der Waals surface area contributed by atoms with Crippen LogP contribution in [0, 0.1) is 0 Å². The minimum atomic E-state index is -1.15. The van der Waals surface area contributed by atoms with Crippen LogP contribution in [0.25, 0.3) is 0 Å². The van der Waals surface area contributed by atoms with Crippen LogP contribution in [0.15, 0.2) is 0 Å². The summed E-state index contributed by atoms with van der Waals surface area (Å²) in [6, 6.07) is 0.129. The lowest BCUT2D eigenvalue weighted by atomic mass is 9.93. The number of likely N-dealkylation sites (tertiary alicyclic amines) is 1. The Hall–Kier alpha value is -1.30. The molecule has 1 saturated heterocycles. The number of nitrogens with zero attached hydrogens (tertiary/aromatic N) is 2. The number of carbonyl (C=O) groups is 2. The molecule has 1 aliphatic heterocycles. The number of amides is 2. The number of aliphatic carboxylic acids is 1. The smallest absolute Gasteiger partial charge is 0.329 e. The molecular weight excluding hydrogens is 270 g/mol.